The lowest BCUT2D eigenvalue weighted by Gasteiger charge is -2.38. The van der Waals surface area contributed by atoms with Crippen molar-refractivity contribution in [3.63, 3.8) is 0 Å². The van der Waals surface area contributed by atoms with Gasteiger partial charge in [0.15, 0.2) is 0 Å². The molecule has 2 unspecified atom stereocenters. The molecule has 1 aliphatic rings. The minimum Gasteiger partial charge on any atom is -0.497 e. The van der Waals surface area contributed by atoms with Crippen LogP contribution in [0.2, 0.25) is 0 Å². The molecule has 1 N–H and O–H groups in total. The maximum atomic E-state index is 5.24. The third kappa shape index (κ3) is 3.65. The monoisotopic (exact) mass is 280 g/mol. The number of methoxy groups -OCH3 is 1. The fraction of sp³-hybridized carbons (Fsp3) is 0.600. The van der Waals surface area contributed by atoms with Crippen molar-refractivity contribution in [2.75, 3.05) is 38.8 Å². The highest BCUT2D eigenvalue weighted by molar-refractivity contribution is 7.99. The molecule has 0 saturated carbocycles. The maximum Gasteiger partial charge on any atom is 0.118 e. The topological polar surface area (TPSA) is 24.5 Å². The van der Waals surface area contributed by atoms with Gasteiger partial charge in [0.2, 0.25) is 0 Å². The summed E-state index contributed by atoms with van der Waals surface area (Å²) in [6.45, 7) is 4.34. The summed E-state index contributed by atoms with van der Waals surface area (Å²) in [5.74, 6) is 3.36. The number of thioether (sulfide) groups is 1. The lowest BCUT2D eigenvalue weighted by molar-refractivity contribution is 0.217. The van der Waals surface area contributed by atoms with Crippen LogP contribution in [0.5, 0.6) is 5.75 Å². The van der Waals surface area contributed by atoms with Crippen molar-refractivity contribution in [1.29, 1.82) is 0 Å². The molecule has 0 amide bonds. The zero-order chi connectivity index (χ0) is 13.7. The van der Waals surface area contributed by atoms with Gasteiger partial charge in [-0.1, -0.05) is 19.1 Å². The van der Waals surface area contributed by atoms with Crippen LogP contribution in [0.3, 0.4) is 0 Å². The average Bonchev–Trinajstić information content (AvgIpc) is 2.46. The van der Waals surface area contributed by atoms with Crippen LogP contribution in [-0.4, -0.2) is 49.7 Å². The van der Waals surface area contributed by atoms with Crippen LogP contribution in [0.1, 0.15) is 18.5 Å². The first-order valence-corrected chi connectivity index (χ1v) is 8.07. The van der Waals surface area contributed by atoms with Gasteiger partial charge in [-0.3, -0.25) is 4.90 Å². The zero-order valence-corrected chi connectivity index (χ0v) is 12.9. The number of nitrogens with zero attached hydrogens (tertiary/aromatic N) is 1. The van der Waals surface area contributed by atoms with Crippen LogP contribution < -0.4 is 10.1 Å². The van der Waals surface area contributed by atoms with E-state index in [2.05, 4.69) is 60.2 Å². The fourth-order valence-corrected chi connectivity index (χ4v) is 3.84. The average molecular weight is 280 g/mol. The molecule has 1 heterocycles. The molecule has 0 spiro atoms. The van der Waals surface area contributed by atoms with Gasteiger partial charge in [0.05, 0.1) is 7.11 Å². The largest absolute Gasteiger partial charge is 0.497 e. The molecule has 0 bridgehead atoms. The summed E-state index contributed by atoms with van der Waals surface area (Å²) in [6, 6.07) is 9.42. The molecule has 4 heteroatoms. The molecule has 0 aliphatic carbocycles. The molecular formula is C15H24N2OS. The van der Waals surface area contributed by atoms with E-state index in [9.17, 15) is 0 Å². The Bertz CT molecular complexity index is 382. The van der Waals surface area contributed by atoms with E-state index in [0.29, 0.717) is 12.1 Å². The second-order valence-electron chi connectivity index (χ2n) is 4.93. The van der Waals surface area contributed by atoms with Gasteiger partial charge < -0.3 is 10.1 Å². The number of hydrogen-bond donors (Lipinski definition) is 1. The Hall–Kier alpha value is -0.710. The summed E-state index contributed by atoms with van der Waals surface area (Å²) in [4.78, 5) is 2.48. The maximum absolute atomic E-state index is 5.24. The van der Waals surface area contributed by atoms with Gasteiger partial charge in [0, 0.05) is 30.1 Å². The van der Waals surface area contributed by atoms with E-state index in [4.69, 9.17) is 4.74 Å². The molecule has 3 nitrogen and oxygen atoms in total. The van der Waals surface area contributed by atoms with Gasteiger partial charge in [0.25, 0.3) is 0 Å². The smallest absolute Gasteiger partial charge is 0.118 e. The lowest BCUT2D eigenvalue weighted by atomic mass is 9.99. The van der Waals surface area contributed by atoms with Gasteiger partial charge in [-0.25, -0.2) is 0 Å². The first-order valence-electron chi connectivity index (χ1n) is 6.91. The first kappa shape index (κ1) is 14.7. The molecular weight excluding hydrogens is 256 g/mol. The van der Waals surface area contributed by atoms with Crippen molar-refractivity contribution in [2.45, 2.75) is 19.0 Å². The Morgan fingerprint density at radius 3 is 2.74 bits per heavy atom. The van der Waals surface area contributed by atoms with Crippen molar-refractivity contribution in [3.8, 4) is 5.75 Å². The van der Waals surface area contributed by atoms with Crippen LogP contribution in [0.15, 0.2) is 24.3 Å². The third-order valence-corrected chi connectivity index (χ3v) is 4.78. The second-order valence-corrected chi connectivity index (χ2v) is 6.08. The Labute approximate surface area is 120 Å². The molecule has 1 aliphatic heterocycles. The number of benzene rings is 1. The van der Waals surface area contributed by atoms with E-state index in [0.717, 1.165) is 12.3 Å². The fourth-order valence-electron chi connectivity index (χ4n) is 2.56. The van der Waals surface area contributed by atoms with E-state index >= 15 is 0 Å². The van der Waals surface area contributed by atoms with Crippen molar-refractivity contribution in [3.05, 3.63) is 29.8 Å². The van der Waals surface area contributed by atoms with E-state index in [-0.39, 0.29) is 0 Å². The molecule has 1 aromatic rings. The summed E-state index contributed by atoms with van der Waals surface area (Å²) in [5.41, 5.74) is 1.35. The highest BCUT2D eigenvalue weighted by Crippen LogP contribution is 2.27. The normalized spacial score (nSPS) is 22.2. The van der Waals surface area contributed by atoms with Gasteiger partial charge in [0.1, 0.15) is 5.75 Å². The Morgan fingerprint density at radius 1 is 1.42 bits per heavy atom. The Balaban J connectivity index is 2.17. The lowest BCUT2D eigenvalue weighted by Crippen LogP contribution is -2.47. The molecule has 1 saturated heterocycles. The Morgan fingerprint density at radius 2 is 2.16 bits per heavy atom. The van der Waals surface area contributed by atoms with Crippen molar-refractivity contribution >= 4 is 11.8 Å². The number of hydrogen-bond acceptors (Lipinski definition) is 4. The van der Waals surface area contributed by atoms with Crippen LogP contribution in [-0.2, 0) is 0 Å². The van der Waals surface area contributed by atoms with Crippen LogP contribution in [0.4, 0.5) is 0 Å². The summed E-state index contributed by atoms with van der Waals surface area (Å²) in [6.07, 6.45) is 0. The quantitative estimate of drug-likeness (QED) is 0.895. The van der Waals surface area contributed by atoms with E-state index in [1.807, 2.05) is 0 Å². The Kier molecular flexibility index (Phi) is 5.55. The third-order valence-electron chi connectivity index (χ3n) is 3.73. The summed E-state index contributed by atoms with van der Waals surface area (Å²) in [7, 11) is 3.95. The van der Waals surface area contributed by atoms with Crippen molar-refractivity contribution in [2.24, 2.45) is 0 Å². The van der Waals surface area contributed by atoms with Gasteiger partial charge in [-0.05, 0) is 31.3 Å². The molecule has 2 atom stereocenters. The first-order chi connectivity index (χ1) is 9.26. The molecule has 0 radical (unpaired) electrons. The van der Waals surface area contributed by atoms with Gasteiger partial charge >= 0.3 is 0 Å². The SMILES string of the molecule is CCNC(c1ccc(OC)cc1)C1CSCCN1C. The van der Waals surface area contributed by atoms with Crippen LogP contribution >= 0.6 is 11.8 Å². The summed E-state index contributed by atoms with van der Waals surface area (Å²) in [5, 5.41) is 3.64. The second kappa shape index (κ2) is 7.17. The molecule has 0 aromatic heterocycles. The molecule has 106 valence electrons. The van der Waals surface area contributed by atoms with E-state index in [1.165, 1.54) is 23.6 Å². The summed E-state index contributed by atoms with van der Waals surface area (Å²) < 4.78 is 5.24. The van der Waals surface area contributed by atoms with Crippen LogP contribution in [0.25, 0.3) is 0 Å². The molecule has 2 rings (SSSR count). The highest BCUT2D eigenvalue weighted by atomic mass is 32.2. The molecule has 19 heavy (non-hydrogen) atoms. The standard InChI is InChI=1S/C15H24N2OS/c1-4-16-15(14-11-19-10-9-17(14)2)12-5-7-13(18-3)8-6-12/h5-8,14-16H,4,9-11H2,1-3H3. The van der Waals surface area contributed by atoms with Gasteiger partial charge in [-0.2, -0.15) is 11.8 Å². The predicted octanol–water partition coefficient (Wildman–Crippen LogP) is 2.39. The highest BCUT2D eigenvalue weighted by Gasteiger charge is 2.28. The predicted molar refractivity (Wildman–Crippen MR) is 83.2 cm³/mol. The molecule has 1 fully saturated rings. The minimum atomic E-state index is 0.397. The number of ether oxygens (including phenoxy) is 1. The minimum absolute atomic E-state index is 0.397. The van der Waals surface area contributed by atoms with Crippen molar-refractivity contribution in [1.82, 2.24) is 10.2 Å². The van der Waals surface area contributed by atoms with Crippen LogP contribution in [0, 0.1) is 0 Å². The van der Waals surface area contributed by atoms with Crippen molar-refractivity contribution < 1.29 is 4.74 Å². The number of likely N-dealkylation sites (N-methyl/N-ethyl adjacent to an activating group) is 2. The zero-order valence-electron chi connectivity index (χ0n) is 12.1. The van der Waals surface area contributed by atoms with Gasteiger partial charge in [-0.15, -0.1) is 0 Å². The number of rotatable bonds is 5. The summed E-state index contributed by atoms with van der Waals surface area (Å²) >= 11 is 2.06. The van der Waals surface area contributed by atoms with E-state index in [1.54, 1.807) is 7.11 Å². The number of nitrogens with one attached hydrogen (secondary N) is 1. The van der Waals surface area contributed by atoms with E-state index < -0.39 is 0 Å². The molecule has 1 aromatic carbocycles.